The molecule has 82 valence electrons. The molecule has 5 N–H and O–H groups in total. The molecule has 0 fully saturated rings. The van der Waals surface area contributed by atoms with E-state index in [-0.39, 0.29) is 5.95 Å². The van der Waals surface area contributed by atoms with E-state index < -0.39 is 0 Å². The molecular weight excluding hydrogens is 226 g/mol. The maximum Gasteiger partial charge on any atom is 0.222 e. The van der Waals surface area contributed by atoms with Gasteiger partial charge in [0.25, 0.3) is 0 Å². The zero-order valence-electron chi connectivity index (χ0n) is 8.31. The molecule has 0 spiro atoms. The highest BCUT2D eigenvalue weighted by Crippen LogP contribution is 2.23. The van der Waals surface area contributed by atoms with E-state index in [9.17, 15) is 0 Å². The largest absolute Gasteiger partial charge is 0.399 e. The van der Waals surface area contributed by atoms with Crippen LogP contribution in [0.2, 0.25) is 5.02 Å². The van der Waals surface area contributed by atoms with Gasteiger partial charge in [0, 0.05) is 11.4 Å². The lowest BCUT2D eigenvalue weighted by Gasteiger charge is -2.07. The van der Waals surface area contributed by atoms with E-state index in [0.29, 0.717) is 16.5 Å². The van der Waals surface area contributed by atoms with Crippen molar-refractivity contribution in [2.24, 2.45) is 0 Å². The Kier molecular flexibility index (Phi) is 2.78. The number of benzene rings is 1. The number of halogens is 1. The highest BCUT2D eigenvalue weighted by atomic mass is 35.5. The summed E-state index contributed by atoms with van der Waals surface area (Å²) in [4.78, 5) is 7.75. The van der Waals surface area contributed by atoms with Gasteiger partial charge in [0.1, 0.15) is 5.02 Å². The average Bonchev–Trinajstić information content (AvgIpc) is 2.24. The molecule has 0 aliphatic carbocycles. The number of hydrogen-bond donors (Lipinski definition) is 3. The summed E-state index contributed by atoms with van der Waals surface area (Å²) in [5.41, 5.74) is 12.6. The molecule has 6 heteroatoms. The summed E-state index contributed by atoms with van der Waals surface area (Å²) in [5, 5.41) is 3.41. The topological polar surface area (TPSA) is 89.8 Å². The summed E-state index contributed by atoms with van der Waals surface area (Å²) in [5.74, 6) is 0.621. The van der Waals surface area contributed by atoms with Gasteiger partial charge >= 0.3 is 0 Å². The molecule has 0 bridgehead atoms. The molecule has 0 atom stereocenters. The Morgan fingerprint density at radius 1 is 1.25 bits per heavy atom. The fourth-order valence-corrected chi connectivity index (χ4v) is 1.36. The van der Waals surface area contributed by atoms with Crippen LogP contribution in [0.25, 0.3) is 0 Å². The molecule has 1 aromatic heterocycles. The van der Waals surface area contributed by atoms with E-state index in [0.717, 1.165) is 5.69 Å². The molecule has 0 saturated heterocycles. The van der Waals surface area contributed by atoms with Crippen molar-refractivity contribution in [1.82, 2.24) is 9.97 Å². The highest BCUT2D eigenvalue weighted by Gasteiger charge is 2.03. The Labute approximate surface area is 97.5 Å². The van der Waals surface area contributed by atoms with Gasteiger partial charge in [0.2, 0.25) is 5.95 Å². The molecular formula is C10H10ClN5. The minimum Gasteiger partial charge on any atom is -0.399 e. The van der Waals surface area contributed by atoms with Crippen molar-refractivity contribution < 1.29 is 0 Å². The van der Waals surface area contributed by atoms with Crippen LogP contribution in [0.15, 0.2) is 30.5 Å². The fourth-order valence-electron chi connectivity index (χ4n) is 1.22. The molecule has 2 aromatic rings. The number of rotatable bonds is 2. The molecule has 0 saturated carbocycles. The summed E-state index contributed by atoms with van der Waals surface area (Å²) < 4.78 is 0. The van der Waals surface area contributed by atoms with Gasteiger partial charge in [-0.2, -0.15) is 4.98 Å². The van der Waals surface area contributed by atoms with Crippen LogP contribution in [0.3, 0.4) is 0 Å². The Morgan fingerprint density at radius 2 is 2.06 bits per heavy atom. The van der Waals surface area contributed by atoms with E-state index >= 15 is 0 Å². The molecule has 5 nitrogen and oxygen atoms in total. The first kappa shape index (κ1) is 10.5. The minimum absolute atomic E-state index is 0.163. The lowest BCUT2D eigenvalue weighted by molar-refractivity contribution is 1.18. The first-order chi connectivity index (χ1) is 7.65. The smallest absolute Gasteiger partial charge is 0.222 e. The molecule has 0 amide bonds. The molecule has 0 radical (unpaired) electrons. The van der Waals surface area contributed by atoms with Crippen LogP contribution in [0, 0.1) is 0 Å². The van der Waals surface area contributed by atoms with E-state index in [1.165, 1.54) is 6.20 Å². The molecule has 1 aromatic carbocycles. The van der Waals surface area contributed by atoms with Crippen molar-refractivity contribution in [3.63, 3.8) is 0 Å². The predicted octanol–water partition coefficient (Wildman–Crippen LogP) is 2.04. The second-order valence-corrected chi connectivity index (χ2v) is 3.58. The first-order valence-corrected chi connectivity index (χ1v) is 4.93. The molecule has 0 aliphatic rings. The summed E-state index contributed by atoms with van der Waals surface area (Å²) in [6.45, 7) is 0. The predicted molar refractivity (Wildman–Crippen MR) is 65.6 cm³/mol. The Balaban J connectivity index is 2.30. The molecule has 0 unspecified atom stereocenters. The normalized spacial score (nSPS) is 10.1. The van der Waals surface area contributed by atoms with E-state index in [4.69, 9.17) is 23.1 Å². The van der Waals surface area contributed by atoms with Gasteiger partial charge in [0.15, 0.2) is 5.82 Å². The van der Waals surface area contributed by atoms with Gasteiger partial charge in [-0.3, -0.25) is 0 Å². The van der Waals surface area contributed by atoms with Gasteiger partial charge in [-0.25, -0.2) is 4.98 Å². The zero-order chi connectivity index (χ0) is 11.5. The van der Waals surface area contributed by atoms with Gasteiger partial charge in [-0.1, -0.05) is 17.7 Å². The minimum atomic E-state index is 0.163. The lowest BCUT2D eigenvalue weighted by Crippen LogP contribution is -2.00. The van der Waals surface area contributed by atoms with Crippen LogP contribution in [0.1, 0.15) is 0 Å². The van der Waals surface area contributed by atoms with Gasteiger partial charge in [-0.15, -0.1) is 0 Å². The third kappa shape index (κ3) is 2.32. The third-order valence-electron chi connectivity index (χ3n) is 1.91. The fraction of sp³-hybridized carbons (Fsp3) is 0. The summed E-state index contributed by atoms with van der Waals surface area (Å²) in [7, 11) is 0. The summed E-state index contributed by atoms with van der Waals surface area (Å²) >= 11 is 5.91. The van der Waals surface area contributed by atoms with Crippen molar-refractivity contribution in [3.8, 4) is 0 Å². The quantitative estimate of drug-likeness (QED) is 0.693. The molecule has 0 aliphatic heterocycles. The van der Waals surface area contributed by atoms with E-state index in [2.05, 4.69) is 15.3 Å². The van der Waals surface area contributed by atoms with Crippen LogP contribution in [-0.2, 0) is 0 Å². The number of hydrogen-bond acceptors (Lipinski definition) is 5. The number of nitrogens with one attached hydrogen (secondary N) is 1. The zero-order valence-corrected chi connectivity index (χ0v) is 9.07. The Hall–Kier alpha value is -2.01. The van der Waals surface area contributed by atoms with Crippen molar-refractivity contribution in [3.05, 3.63) is 35.5 Å². The average molecular weight is 236 g/mol. The second-order valence-electron chi connectivity index (χ2n) is 3.18. The van der Waals surface area contributed by atoms with Gasteiger partial charge in [0.05, 0.1) is 6.20 Å². The second kappa shape index (κ2) is 4.24. The third-order valence-corrected chi connectivity index (χ3v) is 2.19. The van der Waals surface area contributed by atoms with E-state index in [1.807, 2.05) is 12.1 Å². The number of nitrogens with two attached hydrogens (primary N) is 2. The van der Waals surface area contributed by atoms with Crippen LogP contribution in [0.4, 0.5) is 23.1 Å². The Morgan fingerprint density at radius 3 is 2.81 bits per heavy atom. The SMILES string of the molecule is Nc1cccc(Nc2nc(N)ncc2Cl)c1. The summed E-state index contributed by atoms with van der Waals surface area (Å²) in [6.07, 6.45) is 1.44. The van der Waals surface area contributed by atoms with Crippen LogP contribution in [-0.4, -0.2) is 9.97 Å². The maximum atomic E-state index is 5.91. The molecule has 2 rings (SSSR count). The maximum absolute atomic E-state index is 5.91. The lowest BCUT2D eigenvalue weighted by atomic mass is 10.3. The first-order valence-electron chi connectivity index (χ1n) is 4.56. The highest BCUT2D eigenvalue weighted by molar-refractivity contribution is 6.32. The monoisotopic (exact) mass is 235 g/mol. The standard InChI is InChI=1S/C10H10ClN5/c11-8-5-14-10(13)16-9(8)15-7-3-1-2-6(12)4-7/h1-5H,12H2,(H3,13,14,15,16). The van der Waals surface area contributed by atoms with Gasteiger partial charge < -0.3 is 16.8 Å². The van der Waals surface area contributed by atoms with Crippen molar-refractivity contribution in [2.75, 3.05) is 16.8 Å². The van der Waals surface area contributed by atoms with Crippen molar-refractivity contribution in [1.29, 1.82) is 0 Å². The van der Waals surface area contributed by atoms with Crippen molar-refractivity contribution in [2.45, 2.75) is 0 Å². The number of aromatic nitrogens is 2. The van der Waals surface area contributed by atoms with Crippen LogP contribution in [0.5, 0.6) is 0 Å². The van der Waals surface area contributed by atoms with E-state index in [1.54, 1.807) is 12.1 Å². The number of nitrogen functional groups attached to an aromatic ring is 2. The van der Waals surface area contributed by atoms with Crippen LogP contribution < -0.4 is 16.8 Å². The Bertz CT molecular complexity index is 514. The van der Waals surface area contributed by atoms with Crippen molar-refractivity contribution >= 4 is 34.7 Å². The summed E-state index contributed by atoms with van der Waals surface area (Å²) in [6, 6.07) is 7.25. The molecule has 16 heavy (non-hydrogen) atoms. The van der Waals surface area contributed by atoms with Gasteiger partial charge in [-0.05, 0) is 18.2 Å². The number of anilines is 4. The van der Waals surface area contributed by atoms with Crippen LogP contribution >= 0.6 is 11.6 Å². The molecule has 1 heterocycles. The number of nitrogens with zero attached hydrogens (tertiary/aromatic N) is 2.